The minimum atomic E-state index is -0.540. The fourth-order valence-electron chi connectivity index (χ4n) is 2.37. The Hall–Kier alpha value is -1.99. The van der Waals surface area contributed by atoms with Crippen LogP contribution >= 0.6 is 11.6 Å². The number of ether oxygens (including phenoxy) is 1. The Labute approximate surface area is 140 Å². The summed E-state index contributed by atoms with van der Waals surface area (Å²) in [5.41, 5.74) is 1.05. The molecule has 0 N–H and O–H groups in total. The Morgan fingerprint density at radius 2 is 2.17 bits per heavy atom. The molecule has 0 amide bonds. The SMILES string of the molecule is CC(C)(C)OC(=O)C#Cc1cc2ccc(Cl)nc2n1CC1CC1. The van der Waals surface area contributed by atoms with E-state index in [-0.39, 0.29) is 0 Å². The standard InChI is InChI=1S/C18H19ClN2O2/c1-18(2,3)23-16(22)9-7-14-10-13-6-8-15(19)20-17(13)21(14)11-12-4-5-12/h6,8,10,12H,4-5,11H2,1-3H3. The van der Waals surface area contributed by atoms with Gasteiger partial charge in [-0.15, -0.1) is 0 Å². The van der Waals surface area contributed by atoms with Crippen molar-refractivity contribution in [2.45, 2.75) is 45.8 Å². The van der Waals surface area contributed by atoms with Crippen LogP contribution in [0, 0.1) is 17.8 Å². The zero-order valence-corrected chi connectivity index (χ0v) is 14.3. The van der Waals surface area contributed by atoms with Gasteiger partial charge in [0.25, 0.3) is 0 Å². The molecule has 4 nitrogen and oxygen atoms in total. The van der Waals surface area contributed by atoms with Crippen LogP contribution in [-0.4, -0.2) is 21.1 Å². The molecule has 0 saturated heterocycles. The number of aromatic nitrogens is 2. The molecule has 1 aliphatic rings. The van der Waals surface area contributed by atoms with E-state index in [2.05, 4.69) is 21.4 Å². The maximum atomic E-state index is 11.8. The predicted molar refractivity (Wildman–Crippen MR) is 90.2 cm³/mol. The van der Waals surface area contributed by atoms with Gasteiger partial charge in [-0.1, -0.05) is 11.6 Å². The predicted octanol–water partition coefficient (Wildman–Crippen LogP) is 3.79. The van der Waals surface area contributed by atoms with Gasteiger partial charge in [0, 0.05) is 17.9 Å². The minimum absolute atomic E-state index is 0.458. The average molecular weight is 331 g/mol. The zero-order valence-electron chi connectivity index (χ0n) is 13.5. The highest BCUT2D eigenvalue weighted by Crippen LogP contribution is 2.33. The van der Waals surface area contributed by atoms with Crippen molar-refractivity contribution in [2.24, 2.45) is 5.92 Å². The van der Waals surface area contributed by atoms with Crippen LogP contribution in [0.2, 0.25) is 5.15 Å². The van der Waals surface area contributed by atoms with E-state index >= 15 is 0 Å². The summed E-state index contributed by atoms with van der Waals surface area (Å²) in [5, 5.41) is 1.43. The summed E-state index contributed by atoms with van der Waals surface area (Å²) in [4.78, 5) is 16.2. The van der Waals surface area contributed by atoms with Gasteiger partial charge in [0.1, 0.15) is 16.4 Å². The van der Waals surface area contributed by atoms with E-state index in [9.17, 15) is 4.79 Å². The van der Waals surface area contributed by atoms with Gasteiger partial charge in [0.15, 0.2) is 0 Å². The van der Waals surface area contributed by atoms with E-state index in [1.165, 1.54) is 12.8 Å². The number of hydrogen-bond acceptors (Lipinski definition) is 3. The minimum Gasteiger partial charge on any atom is -0.450 e. The van der Waals surface area contributed by atoms with Crippen molar-refractivity contribution in [3.05, 3.63) is 29.0 Å². The third-order valence-corrected chi connectivity index (χ3v) is 3.75. The highest BCUT2D eigenvalue weighted by molar-refractivity contribution is 6.29. The second-order valence-corrected chi connectivity index (χ2v) is 7.27. The molecular formula is C18H19ClN2O2. The number of carbonyl (C=O) groups is 1. The molecule has 0 unspecified atom stereocenters. The summed E-state index contributed by atoms with van der Waals surface area (Å²) < 4.78 is 7.28. The Kier molecular flexibility index (Phi) is 4.08. The van der Waals surface area contributed by atoms with E-state index in [1.807, 2.05) is 32.9 Å². The Bertz CT molecular complexity index is 817. The number of rotatable bonds is 2. The molecule has 1 saturated carbocycles. The number of hydrogen-bond donors (Lipinski definition) is 0. The largest absolute Gasteiger partial charge is 0.450 e. The lowest BCUT2D eigenvalue weighted by molar-refractivity contribution is -0.147. The van der Waals surface area contributed by atoms with Gasteiger partial charge in [-0.25, -0.2) is 9.78 Å². The van der Waals surface area contributed by atoms with Crippen LogP contribution in [0.4, 0.5) is 0 Å². The van der Waals surface area contributed by atoms with Crippen molar-refractivity contribution in [2.75, 3.05) is 0 Å². The molecule has 120 valence electrons. The first kappa shape index (κ1) is 15.9. The van der Waals surface area contributed by atoms with Crippen LogP contribution in [0.3, 0.4) is 0 Å². The number of carbonyl (C=O) groups excluding carboxylic acids is 1. The first-order valence-corrected chi connectivity index (χ1v) is 8.10. The number of pyridine rings is 1. The third-order valence-electron chi connectivity index (χ3n) is 3.54. The quantitative estimate of drug-likeness (QED) is 0.478. The van der Waals surface area contributed by atoms with E-state index in [4.69, 9.17) is 16.3 Å². The van der Waals surface area contributed by atoms with Gasteiger partial charge in [0.2, 0.25) is 0 Å². The van der Waals surface area contributed by atoms with Crippen molar-refractivity contribution in [3.8, 4) is 11.8 Å². The number of esters is 1. The van der Waals surface area contributed by atoms with Gasteiger partial charge in [-0.2, -0.15) is 0 Å². The summed E-state index contributed by atoms with van der Waals surface area (Å²) in [6.45, 7) is 6.32. The molecule has 0 bridgehead atoms. The first-order valence-electron chi connectivity index (χ1n) is 7.72. The molecule has 23 heavy (non-hydrogen) atoms. The van der Waals surface area contributed by atoms with E-state index in [0.29, 0.717) is 11.1 Å². The van der Waals surface area contributed by atoms with Crippen molar-refractivity contribution in [3.63, 3.8) is 0 Å². The van der Waals surface area contributed by atoms with Gasteiger partial charge in [-0.3, -0.25) is 0 Å². The molecule has 1 fully saturated rings. The molecule has 2 heterocycles. The van der Waals surface area contributed by atoms with Crippen molar-refractivity contribution in [1.82, 2.24) is 9.55 Å². The highest BCUT2D eigenvalue weighted by Gasteiger charge is 2.24. The van der Waals surface area contributed by atoms with Crippen LogP contribution in [0.1, 0.15) is 39.3 Å². The molecule has 0 atom stereocenters. The van der Waals surface area contributed by atoms with Crippen molar-refractivity contribution in [1.29, 1.82) is 0 Å². The Morgan fingerprint density at radius 1 is 1.43 bits per heavy atom. The molecule has 0 spiro atoms. The van der Waals surface area contributed by atoms with E-state index in [1.54, 1.807) is 6.07 Å². The van der Waals surface area contributed by atoms with Gasteiger partial charge >= 0.3 is 5.97 Å². The molecule has 0 radical (unpaired) electrons. The third kappa shape index (κ3) is 4.05. The molecule has 0 aliphatic heterocycles. The summed E-state index contributed by atoms with van der Waals surface area (Å²) in [6, 6.07) is 5.63. The van der Waals surface area contributed by atoms with E-state index < -0.39 is 11.6 Å². The molecule has 5 heteroatoms. The van der Waals surface area contributed by atoms with Crippen LogP contribution in [0.15, 0.2) is 18.2 Å². The van der Waals surface area contributed by atoms with Gasteiger partial charge in [0.05, 0.1) is 5.69 Å². The van der Waals surface area contributed by atoms with Crippen molar-refractivity contribution < 1.29 is 9.53 Å². The van der Waals surface area contributed by atoms with Gasteiger partial charge < -0.3 is 9.30 Å². The lowest BCUT2D eigenvalue weighted by Gasteiger charge is -2.16. The highest BCUT2D eigenvalue weighted by atomic mass is 35.5. The second kappa shape index (κ2) is 5.90. The Balaban J connectivity index is 1.95. The number of halogens is 1. The molecule has 1 aliphatic carbocycles. The molecule has 2 aromatic rings. The average Bonchev–Trinajstić information content (AvgIpc) is 3.18. The lowest BCUT2D eigenvalue weighted by atomic mass is 10.2. The molecule has 0 aromatic carbocycles. The second-order valence-electron chi connectivity index (χ2n) is 6.88. The van der Waals surface area contributed by atoms with Gasteiger partial charge in [-0.05, 0) is 63.7 Å². The smallest absolute Gasteiger partial charge is 0.385 e. The monoisotopic (exact) mass is 330 g/mol. The Morgan fingerprint density at radius 3 is 2.83 bits per heavy atom. The van der Waals surface area contributed by atoms with Crippen LogP contribution in [0.5, 0.6) is 0 Å². The normalized spacial score (nSPS) is 14.4. The first-order chi connectivity index (χ1) is 10.8. The summed E-state index contributed by atoms with van der Waals surface area (Å²) in [6.07, 6.45) is 2.44. The fourth-order valence-corrected chi connectivity index (χ4v) is 2.51. The van der Waals surface area contributed by atoms with Crippen LogP contribution in [-0.2, 0) is 16.1 Å². The maximum Gasteiger partial charge on any atom is 0.385 e. The zero-order chi connectivity index (χ0) is 16.6. The molecule has 2 aromatic heterocycles. The van der Waals surface area contributed by atoms with Crippen LogP contribution in [0.25, 0.3) is 11.0 Å². The molecule has 3 rings (SSSR count). The summed E-state index contributed by atoms with van der Waals surface area (Å²) in [5.74, 6) is 5.64. The number of nitrogens with zero attached hydrogens (tertiary/aromatic N) is 2. The maximum absolute atomic E-state index is 11.8. The summed E-state index contributed by atoms with van der Waals surface area (Å²) >= 11 is 6.02. The van der Waals surface area contributed by atoms with Crippen molar-refractivity contribution >= 4 is 28.6 Å². The van der Waals surface area contributed by atoms with E-state index in [0.717, 1.165) is 23.3 Å². The fraction of sp³-hybridized carbons (Fsp3) is 0.444. The number of fused-ring (bicyclic) bond motifs is 1. The topological polar surface area (TPSA) is 44.1 Å². The summed E-state index contributed by atoms with van der Waals surface area (Å²) in [7, 11) is 0. The molecular weight excluding hydrogens is 312 g/mol. The van der Waals surface area contributed by atoms with Crippen LogP contribution < -0.4 is 0 Å². The lowest BCUT2D eigenvalue weighted by Crippen LogP contribution is -2.22.